The van der Waals surface area contributed by atoms with Crippen LogP contribution >= 0.6 is 0 Å². The van der Waals surface area contributed by atoms with E-state index in [2.05, 4.69) is 37.9 Å². The average molecular weight is 492 g/mol. The van der Waals surface area contributed by atoms with E-state index >= 15 is 0 Å². The number of benzene rings is 1. The largest absolute Gasteiger partial charge is 0.332 e. The Hall–Kier alpha value is -3.34. The van der Waals surface area contributed by atoms with Crippen molar-refractivity contribution in [2.45, 2.75) is 24.8 Å². The van der Waals surface area contributed by atoms with Crippen molar-refractivity contribution >= 4 is 32.7 Å². The van der Waals surface area contributed by atoms with Crippen molar-refractivity contribution in [3.63, 3.8) is 0 Å². The summed E-state index contributed by atoms with van der Waals surface area (Å²) in [5.41, 5.74) is 3.31. The molecule has 9 nitrogen and oxygen atoms in total. The van der Waals surface area contributed by atoms with Crippen molar-refractivity contribution in [3.05, 3.63) is 61.1 Å². The third-order valence-corrected chi connectivity index (χ3v) is 8.11. The van der Waals surface area contributed by atoms with Crippen molar-refractivity contribution in [2.24, 2.45) is 0 Å². The number of piperazine rings is 1. The number of likely N-dealkylation sites (N-methyl/N-ethyl adjacent to an activating group) is 1. The molecule has 0 spiro atoms. The Morgan fingerprint density at radius 2 is 1.83 bits per heavy atom. The molecule has 0 amide bonds. The summed E-state index contributed by atoms with van der Waals surface area (Å²) >= 11 is 0. The molecule has 0 atom stereocenters. The van der Waals surface area contributed by atoms with E-state index < -0.39 is 10.0 Å². The fraction of sp³-hybridized carbons (Fsp3) is 0.320. The van der Waals surface area contributed by atoms with Crippen LogP contribution in [0.4, 0.5) is 11.6 Å². The van der Waals surface area contributed by atoms with Crippen LogP contribution in [-0.4, -0.2) is 70.4 Å². The molecule has 1 fully saturated rings. The summed E-state index contributed by atoms with van der Waals surface area (Å²) in [5.74, 6) is 0.400. The van der Waals surface area contributed by atoms with Gasteiger partial charge in [0, 0.05) is 68.0 Å². The minimum absolute atomic E-state index is 0.261. The van der Waals surface area contributed by atoms with Gasteiger partial charge in [0.2, 0.25) is 16.0 Å². The van der Waals surface area contributed by atoms with Crippen LogP contribution in [0.15, 0.2) is 66.0 Å². The molecule has 1 saturated heterocycles. The van der Waals surface area contributed by atoms with Gasteiger partial charge in [-0.3, -0.25) is 0 Å². The SMILES string of the molecule is CCCn1cc(-c2ccnc(Nc3cccc(S(=O)(=O)N4CCN(C)CC4)c3)n2)c2cccnc21. The summed E-state index contributed by atoms with van der Waals surface area (Å²) in [6.07, 6.45) is 6.59. The standard InChI is InChI=1S/C25H29N7O2S/c1-3-12-31-18-22(21-8-5-10-26-24(21)31)23-9-11-27-25(29-23)28-19-6-4-7-20(17-19)35(33,34)32-15-13-30(2)14-16-32/h4-11,17-18H,3,12-16H2,1-2H3,(H,27,28,29). The summed E-state index contributed by atoms with van der Waals surface area (Å²) < 4.78 is 30.0. The van der Waals surface area contributed by atoms with Gasteiger partial charge < -0.3 is 14.8 Å². The Kier molecular flexibility index (Phi) is 6.50. The maximum atomic E-state index is 13.2. The molecule has 0 aliphatic carbocycles. The maximum Gasteiger partial charge on any atom is 0.243 e. The topological polar surface area (TPSA) is 96.2 Å². The van der Waals surface area contributed by atoms with E-state index in [9.17, 15) is 8.42 Å². The number of pyridine rings is 1. The Balaban J connectivity index is 1.42. The molecule has 1 aromatic carbocycles. The van der Waals surface area contributed by atoms with Crippen LogP contribution in [0.1, 0.15) is 13.3 Å². The van der Waals surface area contributed by atoms with E-state index in [1.807, 2.05) is 31.3 Å². The molecule has 0 radical (unpaired) electrons. The Morgan fingerprint density at radius 3 is 2.63 bits per heavy atom. The quantitative estimate of drug-likeness (QED) is 0.422. The number of nitrogens with one attached hydrogen (secondary N) is 1. The minimum Gasteiger partial charge on any atom is -0.332 e. The number of anilines is 2. The van der Waals surface area contributed by atoms with Crippen molar-refractivity contribution in [3.8, 4) is 11.3 Å². The van der Waals surface area contributed by atoms with Gasteiger partial charge in [-0.1, -0.05) is 13.0 Å². The van der Waals surface area contributed by atoms with E-state index in [0.29, 0.717) is 24.7 Å². The molecule has 0 bridgehead atoms. The van der Waals surface area contributed by atoms with Crippen LogP contribution < -0.4 is 5.32 Å². The molecule has 1 N–H and O–H groups in total. The van der Waals surface area contributed by atoms with Crippen LogP contribution in [0.3, 0.4) is 0 Å². The highest BCUT2D eigenvalue weighted by molar-refractivity contribution is 7.89. The van der Waals surface area contributed by atoms with Gasteiger partial charge in [0.05, 0.1) is 10.6 Å². The number of aryl methyl sites for hydroxylation is 1. The molecule has 3 aromatic heterocycles. The van der Waals surface area contributed by atoms with Gasteiger partial charge in [0.1, 0.15) is 5.65 Å². The monoisotopic (exact) mass is 491 g/mol. The Bertz CT molecular complexity index is 1440. The smallest absolute Gasteiger partial charge is 0.243 e. The Labute approximate surface area is 205 Å². The van der Waals surface area contributed by atoms with Gasteiger partial charge >= 0.3 is 0 Å². The first-order chi connectivity index (χ1) is 17.0. The fourth-order valence-corrected chi connectivity index (χ4v) is 5.82. The lowest BCUT2D eigenvalue weighted by atomic mass is 10.1. The van der Waals surface area contributed by atoms with Crippen molar-refractivity contribution in [1.82, 2.24) is 28.7 Å². The van der Waals surface area contributed by atoms with Crippen LogP contribution in [0.2, 0.25) is 0 Å². The second-order valence-electron chi connectivity index (χ2n) is 8.74. The zero-order chi connectivity index (χ0) is 24.4. The summed E-state index contributed by atoms with van der Waals surface area (Å²) in [5, 5.41) is 4.21. The first kappa shape index (κ1) is 23.4. The highest BCUT2D eigenvalue weighted by atomic mass is 32.2. The summed E-state index contributed by atoms with van der Waals surface area (Å²) in [6, 6.07) is 12.7. The van der Waals surface area contributed by atoms with Gasteiger partial charge in [0.25, 0.3) is 0 Å². The van der Waals surface area contributed by atoms with Gasteiger partial charge in [0.15, 0.2) is 0 Å². The number of fused-ring (bicyclic) bond motifs is 1. The summed E-state index contributed by atoms with van der Waals surface area (Å²) in [7, 11) is -1.56. The van der Waals surface area contributed by atoms with Crippen molar-refractivity contribution in [1.29, 1.82) is 0 Å². The molecule has 10 heteroatoms. The molecule has 5 rings (SSSR count). The van der Waals surface area contributed by atoms with Crippen LogP contribution in [-0.2, 0) is 16.6 Å². The number of nitrogens with zero attached hydrogens (tertiary/aromatic N) is 6. The molecular formula is C25H29N7O2S. The van der Waals surface area contributed by atoms with Crippen molar-refractivity contribution in [2.75, 3.05) is 38.5 Å². The normalized spacial score (nSPS) is 15.5. The van der Waals surface area contributed by atoms with Gasteiger partial charge in [-0.25, -0.2) is 23.4 Å². The molecule has 4 heterocycles. The molecule has 1 aliphatic rings. The second-order valence-corrected chi connectivity index (χ2v) is 10.7. The van der Waals surface area contributed by atoms with Gasteiger partial charge in [-0.15, -0.1) is 0 Å². The lowest BCUT2D eigenvalue weighted by molar-refractivity contribution is 0.222. The van der Waals surface area contributed by atoms with Crippen LogP contribution in [0, 0.1) is 0 Å². The van der Waals surface area contributed by atoms with Crippen molar-refractivity contribution < 1.29 is 8.42 Å². The fourth-order valence-electron chi connectivity index (χ4n) is 4.35. The molecule has 4 aromatic rings. The highest BCUT2D eigenvalue weighted by Gasteiger charge is 2.27. The van der Waals surface area contributed by atoms with Crippen LogP contribution in [0.25, 0.3) is 22.3 Å². The molecular weight excluding hydrogens is 462 g/mol. The summed E-state index contributed by atoms with van der Waals surface area (Å²) in [6.45, 7) is 5.44. The predicted octanol–water partition coefficient (Wildman–Crippen LogP) is 3.58. The number of hydrogen-bond acceptors (Lipinski definition) is 7. The van der Waals surface area contributed by atoms with E-state index in [4.69, 9.17) is 4.98 Å². The number of sulfonamides is 1. The third-order valence-electron chi connectivity index (χ3n) is 6.22. The molecule has 35 heavy (non-hydrogen) atoms. The molecule has 1 aliphatic heterocycles. The molecule has 0 saturated carbocycles. The minimum atomic E-state index is -3.56. The highest BCUT2D eigenvalue weighted by Crippen LogP contribution is 2.29. The predicted molar refractivity (Wildman–Crippen MR) is 137 cm³/mol. The second kappa shape index (κ2) is 9.73. The zero-order valence-electron chi connectivity index (χ0n) is 19.9. The lowest BCUT2D eigenvalue weighted by Crippen LogP contribution is -2.47. The van der Waals surface area contributed by atoms with Crippen LogP contribution in [0.5, 0.6) is 0 Å². The van der Waals surface area contributed by atoms with E-state index in [0.717, 1.165) is 48.3 Å². The van der Waals surface area contributed by atoms with Gasteiger partial charge in [-0.2, -0.15) is 4.31 Å². The summed E-state index contributed by atoms with van der Waals surface area (Å²) in [4.78, 5) is 16.0. The molecule has 182 valence electrons. The average Bonchev–Trinajstić information content (AvgIpc) is 3.24. The Morgan fingerprint density at radius 1 is 1.00 bits per heavy atom. The first-order valence-electron chi connectivity index (χ1n) is 11.8. The third kappa shape index (κ3) is 4.77. The van der Waals surface area contributed by atoms with Gasteiger partial charge in [-0.05, 0) is 49.9 Å². The van der Waals surface area contributed by atoms with E-state index in [1.165, 1.54) is 0 Å². The zero-order valence-corrected chi connectivity index (χ0v) is 20.7. The van der Waals surface area contributed by atoms with E-state index in [1.54, 1.807) is 34.9 Å². The number of hydrogen-bond donors (Lipinski definition) is 1. The van der Waals surface area contributed by atoms with E-state index in [-0.39, 0.29) is 4.90 Å². The first-order valence-corrected chi connectivity index (χ1v) is 13.2. The maximum absolute atomic E-state index is 13.2. The molecule has 0 unspecified atom stereocenters. The number of aromatic nitrogens is 4. The lowest BCUT2D eigenvalue weighted by Gasteiger charge is -2.31. The number of rotatable bonds is 7.